The van der Waals surface area contributed by atoms with Crippen LogP contribution in [0.3, 0.4) is 0 Å². The molecule has 0 fully saturated rings. The highest BCUT2D eigenvalue weighted by molar-refractivity contribution is 6.25. The summed E-state index contributed by atoms with van der Waals surface area (Å²) in [4.78, 5) is 2.42. The fourth-order valence-electron chi connectivity index (χ4n) is 7.85. The van der Waals surface area contributed by atoms with Gasteiger partial charge in [0.25, 0.3) is 0 Å². The van der Waals surface area contributed by atoms with Gasteiger partial charge in [0, 0.05) is 16.8 Å². The minimum Gasteiger partial charge on any atom is -0.310 e. The Balaban J connectivity index is 1.16. The molecule has 0 saturated heterocycles. The summed E-state index contributed by atoms with van der Waals surface area (Å²) in [7, 11) is 0. The maximum absolute atomic E-state index is 2.42. The standard InChI is InChI=1S/C48H31N/c1-2-12-34-29-38(27-23-32(34)11-1)49(48-31-36-13-3-4-14-39(36)40-15-9-10-20-46(40)48)37-25-21-33(22-26-37)35-24-28-45-43-18-6-5-16-41(43)42-17-7-8-19-44(42)47(45)30-35/h1-31H. The zero-order valence-electron chi connectivity index (χ0n) is 26.8. The Morgan fingerprint density at radius 1 is 0.245 bits per heavy atom. The van der Waals surface area contributed by atoms with Crippen LogP contribution in [0.2, 0.25) is 0 Å². The number of rotatable bonds is 4. The van der Waals surface area contributed by atoms with E-state index in [-0.39, 0.29) is 0 Å². The van der Waals surface area contributed by atoms with Gasteiger partial charge in [-0.05, 0) is 107 Å². The average Bonchev–Trinajstić information content (AvgIpc) is 3.18. The van der Waals surface area contributed by atoms with Gasteiger partial charge in [0.05, 0.1) is 5.69 Å². The molecule has 0 heterocycles. The van der Waals surface area contributed by atoms with Gasteiger partial charge in [0.2, 0.25) is 0 Å². The Kier molecular flexibility index (Phi) is 6.25. The molecule has 10 aromatic carbocycles. The molecule has 10 aromatic rings. The van der Waals surface area contributed by atoms with Gasteiger partial charge >= 0.3 is 0 Å². The maximum atomic E-state index is 2.42. The molecule has 0 bridgehead atoms. The summed E-state index contributed by atoms with van der Waals surface area (Å²) < 4.78 is 0. The van der Waals surface area contributed by atoms with Crippen molar-refractivity contribution in [3.05, 3.63) is 188 Å². The van der Waals surface area contributed by atoms with Gasteiger partial charge in [-0.25, -0.2) is 0 Å². The lowest BCUT2D eigenvalue weighted by Gasteiger charge is -2.28. The summed E-state index contributed by atoms with van der Waals surface area (Å²) in [6.07, 6.45) is 0. The van der Waals surface area contributed by atoms with Gasteiger partial charge in [0.15, 0.2) is 0 Å². The Hall–Kier alpha value is -6.44. The quantitative estimate of drug-likeness (QED) is 0.177. The summed E-state index contributed by atoms with van der Waals surface area (Å²) >= 11 is 0. The van der Waals surface area contributed by atoms with Crippen LogP contribution >= 0.6 is 0 Å². The van der Waals surface area contributed by atoms with Gasteiger partial charge in [0.1, 0.15) is 0 Å². The molecule has 49 heavy (non-hydrogen) atoms. The van der Waals surface area contributed by atoms with Gasteiger partial charge in [-0.15, -0.1) is 0 Å². The van der Waals surface area contributed by atoms with Gasteiger partial charge in [-0.2, -0.15) is 0 Å². The second-order valence-electron chi connectivity index (χ2n) is 12.9. The van der Waals surface area contributed by atoms with E-state index in [0.29, 0.717) is 0 Å². The number of fused-ring (bicyclic) bond motifs is 10. The predicted molar refractivity (Wildman–Crippen MR) is 212 cm³/mol. The molecule has 0 atom stereocenters. The summed E-state index contributed by atoms with van der Waals surface area (Å²) in [5.74, 6) is 0. The molecule has 10 rings (SSSR count). The predicted octanol–water partition coefficient (Wildman–Crippen LogP) is 13.7. The molecule has 1 nitrogen and oxygen atoms in total. The Bertz CT molecular complexity index is 2850. The molecule has 228 valence electrons. The summed E-state index contributed by atoms with van der Waals surface area (Å²) in [6.45, 7) is 0. The van der Waals surface area contributed by atoms with Crippen LogP contribution in [0.15, 0.2) is 188 Å². The lowest BCUT2D eigenvalue weighted by molar-refractivity contribution is 1.31. The van der Waals surface area contributed by atoms with Crippen LogP contribution < -0.4 is 4.90 Å². The first kappa shape index (κ1) is 27.7. The smallest absolute Gasteiger partial charge is 0.0546 e. The largest absolute Gasteiger partial charge is 0.310 e. The Morgan fingerprint density at radius 2 is 0.714 bits per heavy atom. The van der Waals surface area contributed by atoms with Crippen LogP contribution in [0, 0.1) is 0 Å². The van der Waals surface area contributed by atoms with Crippen molar-refractivity contribution in [1.82, 2.24) is 0 Å². The lowest BCUT2D eigenvalue weighted by atomic mass is 9.92. The minimum absolute atomic E-state index is 1.12. The second kappa shape index (κ2) is 11.1. The molecule has 0 aromatic heterocycles. The fourth-order valence-corrected chi connectivity index (χ4v) is 7.85. The first-order chi connectivity index (χ1) is 24.3. The first-order valence-electron chi connectivity index (χ1n) is 16.9. The average molecular weight is 622 g/mol. The van der Waals surface area contributed by atoms with Crippen LogP contribution in [0.4, 0.5) is 17.1 Å². The van der Waals surface area contributed by atoms with Crippen molar-refractivity contribution in [2.24, 2.45) is 0 Å². The highest BCUT2D eigenvalue weighted by Gasteiger charge is 2.18. The van der Waals surface area contributed by atoms with Crippen LogP contribution in [0.5, 0.6) is 0 Å². The molecule has 0 amide bonds. The summed E-state index contributed by atoms with van der Waals surface area (Å²) in [5.41, 5.74) is 5.84. The Morgan fingerprint density at radius 3 is 1.39 bits per heavy atom. The Labute approximate surface area is 284 Å². The van der Waals surface area contributed by atoms with E-state index in [2.05, 4.69) is 193 Å². The zero-order chi connectivity index (χ0) is 32.3. The molecule has 0 aliphatic carbocycles. The molecule has 0 aliphatic rings. The third-order valence-corrected chi connectivity index (χ3v) is 10.2. The van der Waals surface area contributed by atoms with E-state index in [1.807, 2.05) is 0 Å². The third kappa shape index (κ3) is 4.47. The molecular formula is C48H31N. The van der Waals surface area contributed by atoms with Crippen LogP contribution in [0.25, 0.3) is 75.8 Å². The van der Waals surface area contributed by atoms with Crippen LogP contribution in [0.1, 0.15) is 0 Å². The van der Waals surface area contributed by atoms with Crippen molar-refractivity contribution in [2.45, 2.75) is 0 Å². The molecule has 0 unspecified atom stereocenters. The van der Waals surface area contributed by atoms with E-state index in [4.69, 9.17) is 0 Å². The maximum Gasteiger partial charge on any atom is 0.0546 e. The van der Waals surface area contributed by atoms with Crippen molar-refractivity contribution in [1.29, 1.82) is 0 Å². The number of anilines is 3. The van der Waals surface area contributed by atoms with Crippen molar-refractivity contribution in [3.63, 3.8) is 0 Å². The van der Waals surface area contributed by atoms with E-state index >= 15 is 0 Å². The molecule has 0 aliphatic heterocycles. The fraction of sp³-hybridized carbons (Fsp3) is 0. The van der Waals surface area contributed by atoms with Crippen molar-refractivity contribution < 1.29 is 0 Å². The highest BCUT2D eigenvalue weighted by atomic mass is 15.1. The molecule has 1 heteroatoms. The third-order valence-electron chi connectivity index (χ3n) is 10.2. The van der Waals surface area contributed by atoms with Gasteiger partial charge < -0.3 is 4.90 Å². The summed E-state index contributed by atoms with van der Waals surface area (Å²) in [5, 5.41) is 15.2. The van der Waals surface area contributed by atoms with Gasteiger partial charge in [-0.1, -0.05) is 152 Å². The molecule has 0 spiro atoms. The monoisotopic (exact) mass is 621 g/mol. The van der Waals surface area contributed by atoms with E-state index in [9.17, 15) is 0 Å². The number of nitrogens with zero attached hydrogens (tertiary/aromatic N) is 1. The number of benzene rings is 10. The molecule has 0 N–H and O–H groups in total. The van der Waals surface area contributed by atoms with E-state index < -0.39 is 0 Å². The first-order valence-corrected chi connectivity index (χ1v) is 16.9. The van der Waals surface area contributed by atoms with E-state index in [1.165, 1.54) is 81.4 Å². The number of hydrogen-bond acceptors (Lipinski definition) is 1. The second-order valence-corrected chi connectivity index (χ2v) is 12.9. The lowest BCUT2D eigenvalue weighted by Crippen LogP contribution is -2.10. The van der Waals surface area contributed by atoms with E-state index in [0.717, 1.165) is 11.4 Å². The van der Waals surface area contributed by atoms with Crippen molar-refractivity contribution in [3.8, 4) is 11.1 Å². The van der Waals surface area contributed by atoms with E-state index in [1.54, 1.807) is 0 Å². The SMILES string of the molecule is c1ccc2cc(N(c3ccc(-c4ccc5c6ccccc6c6ccccc6c5c4)cc3)c3cc4ccccc4c4ccccc34)ccc2c1. The molecular weight excluding hydrogens is 591 g/mol. The molecule has 0 radical (unpaired) electrons. The van der Waals surface area contributed by atoms with Crippen molar-refractivity contribution in [2.75, 3.05) is 4.90 Å². The number of hydrogen-bond donors (Lipinski definition) is 0. The van der Waals surface area contributed by atoms with Crippen LogP contribution in [-0.4, -0.2) is 0 Å². The van der Waals surface area contributed by atoms with Gasteiger partial charge in [-0.3, -0.25) is 0 Å². The molecule has 0 saturated carbocycles. The minimum atomic E-state index is 1.12. The summed E-state index contributed by atoms with van der Waals surface area (Å²) in [6, 6.07) is 68.8. The van der Waals surface area contributed by atoms with Crippen LogP contribution in [-0.2, 0) is 0 Å². The topological polar surface area (TPSA) is 3.24 Å². The zero-order valence-corrected chi connectivity index (χ0v) is 26.8. The highest BCUT2D eigenvalue weighted by Crippen LogP contribution is 2.43. The van der Waals surface area contributed by atoms with Crippen molar-refractivity contribution >= 4 is 81.7 Å². The normalized spacial score (nSPS) is 11.7.